The summed E-state index contributed by atoms with van der Waals surface area (Å²) in [6.07, 6.45) is 0.651. The Morgan fingerprint density at radius 1 is 0.630 bits per heavy atom. The predicted octanol–water partition coefficient (Wildman–Crippen LogP) is 2.69. The molecular weight excluding hydrogens is 348 g/mol. The summed E-state index contributed by atoms with van der Waals surface area (Å²) >= 11 is 0. The number of epoxide rings is 3. The highest BCUT2D eigenvalue weighted by Crippen LogP contribution is 2.32. The SMILES string of the molecule is c1cc(OCC2CO2)cc(-c2cc(OCC3CO3)cc(OCC3CO3)c2)c1. The Labute approximate surface area is 157 Å². The molecule has 27 heavy (non-hydrogen) atoms. The van der Waals surface area contributed by atoms with E-state index >= 15 is 0 Å². The summed E-state index contributed by atoms with van der Waals surface area (Å²) in [5, 5.41) is 0. The molecule has 5 rings (SSSR count). The van der Waals surface area contributed by atoms with Gasteiger partial charge >= 0.3 is 0 Å². The lowest BCUT2D eigenvalue weighted by molar-refractivity contribution is 0.252. The molecule has 6 nitrogen and oxygen atoms in total. The van der Waals surface area contributed by atoms with Gasteiger partial charge in [0.1, 0.15) is 55.4 Å². The molecule has 2 aromatic carbocycles. The fraction of sp³-hybridized carbons (Fsp3) is 0.429. The van der Waals surface area contributed by atoms with E-state index in [2.05, 4.69) is 6.07 Å². The first-order valence-corrected chi connectivity index (χ1v) is 9.30. The zero-order valence-electron chi connectivity index (χ0n) is 15.0. The number of rotatable bonds is 10. The van der Waals surface area contributed by atoms with Gasteiger partial charge in [0, 0.05) is 6.07 Å². The smallest absolute Gasteiger partial charge is 0.123 e. The van der Waals surface area contributed by atoms with E-state index in [1.165, 1.54) is 0 Å². The van der Waals surface area contributed by atoms with Gasteiger partial charge in [0.2, 0.25) is 0 Å². The molecule has 3 heterocycles. The van der Waals surface area contributed by atoms with Crippen molar-refractivity contribution in [1.29, 1.82) is 0 Å². The van der Waals surface area contributed by atoms with Crippen LogP contribution in [0.5, 0.6) is 17.2 Å². The summed E-state index contributed by atoms with van der Waals surface area (Å²) in [5.74, 6) is 2.37. The Hall–Kier alpha value is -2.28. The van der Waals surface area contributed by atoms with Crippen molar-refractivity contribution in [2.45, 2.75) is 18.3 Å². The molecule has 0 spiro atoms. The minimum Gasteiger partial charge on any atom is -0.491 e. The average molecular weight is 370 g/mol. The second kappa shape index (κ2) is 7.38. The van der Waals surface area contributed by atoms with Crippen molar-refractivity contribution in [2.24, 2.45) is 0 Å². The van der Waals surface area contributed by atoms with Gasteiger partial charge in [-0.05, 0) is 35.4 Å². The Kier molecular flexibility index (Phi) is 4.61. The molecule has 0 saturated carbocycles. The summed E-state index contributed by atoms with van der Waals surface area (Å²) in [5.41, 5.74) is 2.06. The molecule has 3 atom stereocenters. The monoisotopic (exact) mass is 370 g/mol. The first-order valence-electron chi connectivity index (χ1n) is 9.30. The van der Waals surface area contributed by atoms with Crippen molar-refractivity contribution in [3.63, 3.8) is 0 Å². The van der Waals surface area contributed by atoms with Gasteiger partial charge in [0.15, 0.2) is 0 Å². The van der Waals surface area contributed by atoms with Crippen LogP contribution in [0.2, 0.25) is 0 Å². The molecule has 3 fully saturated rings. The van der Waals surface area contributed by atoms with Gasteiger partial charge in [0.05, 0.1) is 19.8 Å². The van der Waals surface area contributed by atoms with Crippen LogP contribution in [0.25, 0.3) is 11.1 Å². The Morgan fingerprint density at radius 3 is 1.63 bits per heavy atom. The molecule has 6 heteroatoms. The molecule has 3 saturated heterocycles. The van der Waals surface area contributed by atoms with Gasteiger partial charge < -0.3 is 28.4 Å². The van der Waals surface area contributed by atoms with Gasteiger partial charge in [-0.3, -0.25) is 0 Å². The summed E-state index contributed by atoms with van der Waals surface area (Å²) in [4.78, 5) is 0. The highest BCUT2D eigenvalue weighted by atomic mass is 16.6. The van der Waals surface area contributed by atoms with E-state index in [0.29, 0.717) is 19.8 Å². The Bertz CT molecular complexity index is 761. The molecule has 3 unspecified atom stereocenters. The predicted molar refractivity (Wildman–Crippen MR) is 97.6 cm³/mol. The summed E-state index contributed by atoms with van der Waals surface area (Å²) in [7, 11) is 0. The lowest BCUT2D eigenvalue weighted by atomic mass is 10.0. The van der Waals surface area contributed by atoms with E-state index in [0.717, 1.165) is 48.2 Å². The van der Waals surface area contributed by atoms with E-state index in [-0.39, 0.29) is 18.3 Å². The van der Waals surface area contributed by atoms with E-state index in [1.54, 1.807) is 0 Å². The highest BCUT2D eigenvalue weighted by molar-refractivity contribution is 5.68. The van der Waals surface area contributed by atoms with Crippen LogP contribution >= 0.6 is 0 Å². The lowest BCUT2D eigenvalue weighted by Gasteiger charge is -2.13. The maximum Gasteiger partial charge on any atom is 0.123 e. The maximum absolute atomic E-state index is 5.89. The normalized spacial score (nSPS) is 25.0. The van der Waals surface area contributed by atoms with Crippen LogP contribution in [0.4, 0.5) is 0 Å². The fourth-order valence-electron chi connectivity index (χ4n) is 2.73. The van der Waals surface area contributed by atoms with Crippen molar-refractivity contribution >= 4 is 0 Å². The minimum atomic E-state index is 0.208. The summed E-state index contributed by atoms with van der Waals surface area (Å²) < 4.78 is 33.2. The third-order valence-corrected chi connectivity index (χ3v) is 4.56. The molecule has 0 N–H and O–H groups in total. The van der Waals surface area contributed by atoms with Crippen LogP contribution in [0.3, 0.4) is 0 Å². The van der Waals surface area contributed by atoms with Crippen LogP contribution in [-0.4, -0.2) is 58.0 Å². The van der Waals surface area contributed by atoms with Gasteiger partial charge in [-0.2, -0.15) is 0 Å². The summed E-state index contributed by atoms with van der Waals surface area (Å²) in [6.45, 7) is 4.02. The molecule has 2 aromatic rings. The summed E-state index contributed by atoms with van der Waals surface area (Å²) in [6, 6.07) is 14.0. The maximum atomic E-state index is 5.89. The van der Waals surface area contributed by atoms with Crippen molar-refractivity contribution in [3.8, 4) is 28.4 Å². The fourth-order valence-corrected chi connectivity index (χ4v) is 2.73. The van der Waals surface area contributed by atoms with Gasteiger partial charge in [-0.25, -0.2) is 0 Å². The first-order chi connectivity index (χ1) is 13.3. The van der Waals surface area contributed by atoms with Crippen molar-refractivity contribution < 1.29 is 28.4 Å². The van der Waals surface area contributed by atoms with Gasteiger partial charge in [0.25, 0.3) is 0 Å². The van der Waals surface area contributed by atoms with E-state index in [4.69, 9.17) is 28.4 Å². The van der Waals surface area contributed by atoms with Crippen molar-refractivity contribution in [1.82, 2.24) is 0 Å². The molecular formula is C21H22O6. The Morgan fingerprint density at radius 2 is 1.11 bits per heavy atom. The third-order valence-electron chi connectivity index (χ3n) is 4.56. The first kappa shape index (κ1) is 16.9. The second-order valence-corrected chi connectivity index (χ2v) is 7.02. The van der Waals surface area contributed by atoms with E-state index < -0.39 is 0 Å². The second-order valence-electron chi connectivity index (χ2n) is 7.02. The minimum absolute atomic E-state index is 0.208. The van der Waals surface area contributed by atoms with Crippen LogP contribution in [0, 0.1) is 0 Å². The molecule has 3 aliphatic rings. The Balaban J connectivity index is 1.35. The largest absolute Gasteiger partial charge is 0.491 e. The molecule has 3 aliphatic heterocycles. The molecule has 0 amide bonds. The van der Waals surface area contributed by atoms with Crippen LogP contribution in [0.15, 0.2) is 42.5 Å². The van der Waals surface area contributed by atoms with E-state index in [9.17, 15) is 0 Å². The molecule has 0 bridgehead atoms. The van der Waals surface area contributed by atoms with Crippen molar-refractivity contribution in [3.05, 3.63) is 42.5 Å². The number of hydrogen-bond acceptors (Lipinski definition) is 6. The van der Waals surface area contributed by atoms with Crippen LogP contribution in [-0.2, 0) is 14.2 Å². The molecule has 0 radical (unpaired) electrons. The standard InChI is InChI=1S/C21H22O6/c1-2-14(4-16(3-1)22-8-19-11-25-19)15-5-17(23-9-20-12-26-20)7-18(6-15)24-10-21-13-27-21/h1-7,19-21H,8-13H2. The topological polar surface area (TPSA) is 65.3 Å². The van der Waals surface area contributed by atoms with Gasteiger partial charge in [-0.1, -0.05) is 12.1 Å². The van der Waals surface area contributed by atoms with Crippen molar-refractivity contribution in [2.75, 3.05) is 39.6 Å². The number of ether oxygens (including phenoxy) is 6. The number of benzene rings is 2. The lowest BCUT2D eigenvalue weighted by Crippen LogP contribution is -2.06. The van der Waals surface area contributed by atoms with Crippen LogP contribution < -0.4 is 14.2 Å². The number of hydrogen-bond donors (Lipinski definition) is 0. The average Bonchev–Trinajstić information content (AvgIpc) is 3.57. The zero-order chi connectivity index (χ0) is 18.1. The van der Waals surface area contributed by atoms with Crippen LogP contribution in [0.1, 0.15) is 0 Å². The third kappa shape index (κ3) is 4.91. The quantitative estimate of drug-likeness (QED) is 0.599. The molecule has 0 aliphatic carbocycles. The van der Waals surface area contributed by atoms with Gasteiger partial charge in [-0.15, -0.1) is 0 Å². The molecule has 0 aromatic heterocycles. The zero-order valence-corrected chi connectivity index (χ0v) is 15.0. The highest BCUT2D eigenvalue weighted by Gasteiger charge is 2.25. The van der Waals surface area contributed by atoms with E-state index in [1.807, 2.05) is 36.4 Å². The molecule has 142 valence electrons.